The number of alkyl carbamates (subject to hydrolysis) is 1. The van der Waals surface area contributed by atoms with Crippen LogP contribution >= 0.6 is 15.9 Å². The number of ether oxygens (including phenoxy) is 2. The van der Waals surface area contributed by atoms with E-state index < -0.39 is 30.4 Å². The second-order valence-electron chi connectivity index (χ2n) is 3.47. The van der Waals surface area contributed by atoms with Gasteiger partial charge in [0.1, 0.15) is 5.82 Å². The minimum atomic E-state index is -1.01. The summed E-state index contributed by atoms with van der Waals surface area (Å²) in [7, 11) is 0. The summed E-state index contributed by atoms with van der Waals surface area (Å²) in [6.07, 6.45) is -0.941. The number of esters is 1. The molecule has 0 bridgehead atoms. The van der Waals surface area contributed by atoms with Gasteiger partial charge in [-0.2, -0.15) is 0 Å². The van der Waals surface area contributed by atoms with Crippen molar-refractivity contribution in [2.45, 2.75) is 6.92 Å². The Morgan fingerprint density at radius 1 is 1.30 bits per heavy atom. The van der Waals surface area contributed by atoms with Crippen LogP contribution < -0.4 is 5.32 Å². The minimum Gasteiger partial charge on any atom is -0.452 e. The lowest BCUT2D eigenvalue weighted by Gasteiger charge is -2.06. The molecule has 1 N–H and O–H groups in total. The number of rotatable bonds is 4. The van der Waals surface area contributed by atoms with Crippen molar-refractivity contribution in [2.75, 3.05) is 13.2 Å². The van der Waals surface area contributed by atoms with Crippen molar-refractivity contribution in [2.24, 2.45) is 0 Å². The predicted molar refractivity (Wildman–Crippen MR) is 69.5 cm³/mol. The number of amides is 2. The minimum absolute atomic E-state index is 0.100. The Bertz CT molecular complexity index is 535. The molecule has 0 spiro atoms. The molecule has 0 aliphatic rings. The van der Waals surface area contributed by atoms with Gasteiger partial charge in [-0.05, 0) is 25.1 Å². The van der Waals surface area contributed by atoms with Crippen LogP contribution in [0.1, 0.15) is 17.3 Å². The van der Waals surface area contributed by atoms with E-state index in [4.69, 9.17) is 0 Å². The highest BCUT2D eigenvalue weighted by Crippen LogP contribution is 2.15. The summed E-state index contributed by atoms with van der Waals surface area (Å²) in [6, 6.07) is 3.76. The lowest BCUT2D eigenvalue weighted by atomic mass is 10.2. The van der Waals surface area contributed by atoms with Gasteiger partial charge < -0.3 is 9.47 Å². The van der Waals surface area contributed by atoms with Crippen LogP contribution in [0.5, 0.6) is 0 Å². The first-order chi connectivity index (χ1) is 9.43. The van der Waals surface area contributed by atoms with Crippen LogP contribution in [0.25, 0.3) is 0 Å². The molecule has 0 aromatic heterocycles. The molecule has 0 aliphatic heterocycles. The Morgan fingerprint density at radius 2 is 2.00 bits per heavy atom. The van der Waals surface area contributed by atoms with Crippen LogP contribution in [0.2, 0.25) is 0 Å². The van der Waals surface area contributed by atoms with Crippen molar-refractivity contribution < 1.29 is 28.2 Å². The van der Waals surface area contributed by atoms with Crippen molar-refractivity contribution in [1.29, 1.82) is 0 Å². The number of benzene rings is 1. The maximum atomic E-state index is 13.4. The molecule has 2 amide bonds. The molecule has 1 aromatic carbocycles. The molecule has 0 aliphatic carbocycles. The highest BCUT2D eigenvalue weighted by molar-refractivity contribution is 9.10. The second-order valence-corrected chi connectivity index (χ2v) is 4.38. The standard InChI is InChI=1S/C12H11BrFNO5/c1-2-19-12(18)15-10(16)6-20-11(17)8-4-3-7(13)5-9(8)14/h3-5H,2,6H2,1H3,(H,15,16,18). The molecule has 0 saturated carbocycles. The van der Waals surface area contributed by atoms with Gasteiger partial charge in [-0.1, -0.05) is 15.9 Å². The normalized spacial score (nSPS) is 9.75. The topological polar surface area (TPSA) is 81.7 Å². The molecule has 20 heavy (non-hydrogen) atoms. The van der Waals surface area contributed by atoms with Crippen molar-refractivity contribution >= 4 is 33.9 Å². The fourth-order valence-corrected chi connectivity index (χ4v) is 1.51. The quantitative estimate of drug-likeness (QED) is 0.842. The van der Waals surface area contributed by atoms with E-state index in [0.717, 1.165) is 6.07 Å². The van der Waals surface area contributed by atoms with Gasteiger partial charge in [0.2, 0.25) is 0 Å². The molecule has 1 rings (SSSR count). The third-order valence-corrected chi connectivity index (χ3v) is 2.50. The van der Waals surface area contributed by atoms with Crippen LogP contribution in [0.15, 0.2) is 22.7 Å². The smallest absolute Gasteiger partial charge is 0.413 e. The zero-order chi connectivity index (χ0) is 15.1. The van der Waals surface area contributed by atoms with E-state index in [1.165, 1.54) is 12.1 Å². The SMILES string of the molecule is CCOC(=O)NC(=O)COC(=O)c1ccc(Br)cc1F. The van der Waals surface area contributed by atoms with Gasteiger partial charge >= 0.3 is 12.1 Å². The molecule has 0 saturated heterocycles. The van der Waals surface area contributed by atoms with E-state index in [1.54, 1.807) is 6.92 Å². The molecule has 8 heteroatoms. The number of halogens is 2. The molecule has 108 valence electrons. The van der Waals surface area contributed by atoms with E-state index in [1.807, 2.05) is 5.32 Å². The zero-order valence-electron chi connectivity index (χ0n) is 10.4. The zero-order valence-corrected chi connectivity index (χ0v) is 12.0. The Hall–Kier alpha value is -1.96. The Labute approximate surface area is 122 Å². The van der Waals surface area contributed by atoms with E-state index in [2.05, 4.69) is 25.4 Å². The summed E-state index contributed by atoms with van der Waals surface area (Å²) in [4.78, 5) is 33.6. The van der Waals surface area contributed by atoms with Crippen LogP contribution in [0.3, 0.4) is 0 Å². The van der Waals surface area contributed by atoms with Crippen molar-refractivity contribution in [3.8, 4) is 0 Å². The van der Waals surface area contributed by atoms with Crippen molar-refractivity contribution in [3.63, 3.8) is 0 Å². The van der Waals surface area contributed by atoms with Gasteiger partial charge in [0.25, 0.3) is 5.91 Å². The summed E-state index contributed by atoms with van der Waals surface area (Å²) in [5, 5.41) is 1.83. The average molecular weight is 348 g/mol. The lowest BCUT2D eigenvalue weighted by Crippen LogP contribution is -2.34. The first-order valence-electron chi connectivity index (χ1n) is 5.52. The Kier molecular flexibility index (Phi) is 6.10. The predicted octanol–water partition coefficient (Wildman–Crippen LogP) is 2.02. The van der Waals surface area contributed by atoms with Gasteiger partial charge in [0.05, 0.1) is 12.2 Å². The van der Waals surface area contributed by atoms with Crippen LogP contribution in [0, 0.1) is 5.82 Å². The van der Waals surface area contributed by atoms with E-state index in [0.29, 0.717) is 4.47 Å². The molecule has 6 nitrogen and oxygen atoms in total. The fraction of sp³-hybridized carbons (Fsp3) is 0.250. The largest absolute Gasteiger partial charge is 0.452 e. The Balaban J connectivity index is 2.51. The number of hydrogen-bond acceptors (Lipinski definition) is 5. The molecule has 0 atom stereocenters. The third kappa shape index (κ3) is 4.96. The molecule has 0 fully saturated rings. The summed E-state index contributed by atoms with van der Waals surface area (Å²) in [5.41, 5.74) is -0.308. The molecule has 0 heterocycles. The van der Waals surface area contributed by atoms with E-state index in [-0.39, 0.29) is 12.2 Å². The second kappa shape index (κ2) is 7.59. The first-order valence-corrected chi connectivity index (χ1v) is 6.32. The van der Waals surface area contributed by atoms with Gasteiger partial charge in [-0.25, -0.2) is 14.0 Å². The average Bonchev–Trinajstić information content (AvgIpc) is 2.36. The number of carbonyl (C=O) groups is 3. The number of carbonyl (C=O) groups excluding carboxylic acids is 3. The number of nitrogens with one attached hydrogen (secondary N) is 1. The van der Waals surface area contributed by atoms with Crippen LogP contribution in [0.4, 0.5) is 9.18 Å². The highest BCUT2D eigenvalue weighted by atomic mass is 79.9. The molecule has 0 unspecified atom stereocenters. The van der Waals surface area contributed by atoms with Crippen LogP contribution in [-0.2, 0) is 14.3 Å². The van der Waals surface area contributed by atoms with Crippen molar-refractivity contribution in [1.82, 2.24) is 5.32 Å². The fourth-order valence-electron chi connectivity index (χ4n) is 1.18. The molecule has 0 radical (unpaired) electrons. The van der Waals surface area contributed by atoms with E-state index in [9.17, 15) is 18.8 Å². The van der Waals surface area contributed by atoms with Gasteiger partial charge in [0.15, 0.2) is 6.61 Å². The summed E-state index contributed by atoms with van der Waals surface area (Å²) >= 11 is 3.04. The maximum Gasteiger partial charge on any atom is 0.413 e. The number of hydrogen-bond donors (Lipinski definition) is 1. The number of imide groups is 1. The van der Waals surface area contributed by atoms with Gasteiger partial charge in [-0.15, -0.1) is 0 Å². The highest BCUT2D eigenvalue weighted by Gasteiger charge is 2.16. The van der Waals surface area contributed by atoms with Gasteiger partial charge in [-0.3, -0.25) is 10.1 Å². The molecule has 1 aromatic rings. The summed E-state index contributed by atoms with van der Waals surface area (Å²) in [5.74, 6) is -2.65. The van der Waals surface area contributed by atoms with Gasteiger partial charge in [0, 0.05) is 4.47 Å². The summed E-state index contributed by atoms with van der Waals surface area (Å²) in [6.45, 7) is 0.955. The first kappa shape index (κ1) is 16.1. The third-order valence-electron chi connectivity index (χ3n) is 2.00. The monoisotopic (exact) mass is 347 g/mol. The summed E-state index contributed by atoms with van der Waals surface area (Å²) < 4.78 is 22.9. The van der Waals surface area contributed by atoms with Crippen LogP contribution in [-0.4, -0.2) is 31.2 Å². The molecular weight excluding hydrogens is 337 g/mol. The maximum absolute atomic E-state index is 13.4. The Morgan fingerprint density at radius 3 is 2.60 bits per heavy atom. The van der Waals surface area contributed by atoms with E-state index >= 15 is 0 Å². The molecular formula is C12H11BrFNO5. The van der Waals surface area contributed by atoms with Crippen molar-refractivity contribution in [3.05, 3.63) is 34.1 Å². The lowest BCUT2D eigenvalue weighted by molar-refractivity contribution is -0.123.